The van der Waals surface area contributed by atoms with E-state index in [1.54, 1.807) is 0 Å². The highest BCUT2D eigenvalue weighted by atomic mass is 16.6. The maximum absolute atomic E-state index is 12.4. The zero-order valence-corrected chi connectivity index (χ0v) is 20.3. The number of amides is 1. The van der Waals surface area contributed by atoms with Gasteiger partial charge in [0.15, 0.2) is 0 Å². The van der Waals surface area contributed by atoms with Crippen molar-refractivity contribution in [1.29, 1.82) is 0 Å². The molecule has 0 aromatic heterocycles. The molecule has 1 aliphatic carbocycles. The lowest BCUT2D eigenvalue weighted by atomic mass is 9.95. The van der Waals surface area contributed by atoms with Crippen LogP contribution in [0.15, 0.2) is 42.5 Å². The fourth-order valence-corrected chi connectivity index (χ4v) is 5.33. The number of carbonyl (C=O) groups excluding carboxylic acids is 1. The van der Waals surface area contributed by atoms with E-state index in [1.165, 1.54) is 33.5 Å². The molecule has 0 spiro atoms. The Morgan fingerprint density at radius 1 is 1.00 bits per heavy atom. The smallest absolute Gasteiger partial charge is 0.410 e. The Morgan fingerprint density at radius 3 is 2.42 bits per heavy atom. The minimum Gasteiger partial charge on any atom is -0.444 e. The summed E-state index contributed by atoms with van der Waals surface area (Å²) < 4.78 is 5.54. The van der Waals surface area contributed by atoms with E-state index in [9.17, 15) is 4.79 Å². The monoisotopic (exact) mass is 445 g/mol. The summed E-state index contributed by atoms with van der Waals surface area (Å²) in [4.78, 5) is 19.3. The SMILES string of the molecule is CC=Cc1c(N2CC(N3CCN(C(=O)OC(C)(C)C)CC3)C2)ccc2c1Cc1ccccc1-2. The summed E-state index contributed by atoms with van der Waals surface area (Å²) in [5.74, 6) is 0. The van der Waals surface area contributed by atoms with Crippen molar-refractivity contribution < 1.29 is 9.53 Å². The molecule has 2 aromatic carbocycles. The number of allylic oxidation sites excluding steroid dienone is 1. The summed E-state index contributed by atoms with van der Waals surface area (Å²) in [5, 5.41) is 0. The Hall–Kier alpha value is -2.79. The molecule has 2 heterocycles. The van der Waals surface area contributed by atoms with Gasteiger partial charge in [-0.2, -0.15) is 0 Å². The second kappa shape index (κ2) is 8.53. The van der Waals surface area contributed by atoms with Gasteiger partial charge in [-0.3, -0.25) is 4.90 Å². The second-order valence-corrected chi connectivity index (χ2v) is 10.4. The summed E-state index contributed by atoms with van der Waals surface area (Å²) in [6.07, 6.45) is 5.28. The molecule has 0 bridgehead atoms. The maximum atomic E-state index is 12.4. The van der Waals surface area contributed by atoms with Crippen LogP contribution in [0.3, 0.4) is 0 Å². The lowest BCUT2D eigenvalue weighted by Crippen LogP contribution is -2.63. The van der Waals surface area contributed by atoms with Gasteiger partial charge in [-0.05, 0) is 62.4 Å². The number of hydrogen-bond acceptors (Lipinski definition) is 4. The Labute approximate surface area is 197 Å². The third-order valence-electron chi connectivity index (χ3n) is 7.03. The van der Waals surface area contributed by atoms with Crippen molar-refractivity contribution in [2.45, 2.75) is 45.8 Å². The second-order valence-electron chi connectivity index (χ2n) is 10.4. The van der Waals surface area contributed by atoms with Crippen LogP contribution in [-0.4, -0.2) is 66.8 Å². The van der Waals surface area contributed by atoms with Gasteiger partial charge in [0.1, 0.15) is 5.60 Å². The van der Waals surface area contributed by atoms with Crippen LogP contribution in [0.4, 0.5) is 10.5 Å². The highest BCUT2D eigenvalue weighted by molar-refractivity contribution is 5.85. The lowest BCUT2D eigenvalue weighted by molar-refractivity contribution is 0.00876. The van der Waals surface area contributed by atoms with Crippen LogP contribution in [0.25, 0.3) is 17.2 Å². The molecule has 0 radical (unpaired) electrons. The van der Waals surface area contributed by atoms with Gasteiger partial charge in [0.2, 0.25) is 0 Å². The van der Waals surface area contributed by atoms with E-state index in [1.807, 2.05) is 25.7 Å². The summed E-state index contributed by atoms with van der Waals surface area (Å²) in [7, 11) is 0. The average Bonchev–Trinajstić information content (AvgIpc) is 3.12. The van der Waals surface area contributed by atoms with Crippen LogP contribution < -0.4 is 4.90 Å². The van der Waals surface area contributed by atoms with Gasteiger partial charge in [-0.1, -0.05) is 42.5 Å². The molecule has 2 aliphatic heterocycles. The first kappa shape index (κ1) is 22.0. The van der Waals surface area contributed by atoms with Gasteiger partial charge in [-0.25, -0.2) is 4.79 Å². The van der Waals surface area contributed by atoms with E-state index in [0.717, 1.165) is 45.7 Å². The summed E-state index contributed by atoms with van der Waals surface area (Å²) in [5.41, 5.74) is 7.94. The normalized spacial score (nSPS) is 18.9. The number of fused-ring (bicyclic) bond motifs is 3. The van der Waals surface area contributed by atoms with Crippen LogP contribution in [0.2, 0.25) is 0 Å². The van der Waals surface area contributed by atoms with Crippen molar-refractivity contribution in [2.75, 3.05) is 44.2 Å². The number of benzene rings is 2. The Bertz CT molecular complexity index is 1070. The number of carbonyl (C=O) groups is 1. The quantitative estimate of drug-likeness (QED) is 0.566. The molecule has 0 saturated carbocycles. The van der Waals surface area contributed by atoms with Crippen LogP contribution in [0, 0.1) is 0 Å². The average molecular weight is 446 g/mol. The largest absolute Gasteiger partial charge is 0.444 e. The Balaban J connectivity index is 1.23. The predicted molar refractivity (Wildman–Crippen MR) is 135 cm³/mol. The van der Waals surface area contributed by atoms with Crippen molar-refractivity contribution in [2.24, 2.45) is 0 Å². The minimum absolute atomic E-state index is 0.187. The molecular weight excluding hydrogens is 410 g/mol. The molecule has 3 aliphatic rings. The molecule has 2 aromatic rings. The highest BCUT2D eigenvalue weighted by Gasteiger charge is 2.36. The first-order valence-corrected chi connectivity index (χ1v) is 12.2. The fourth-order valence-electron chi connectivity index (χ4n) is 5.33. The molecule has 5 nitrogen and oxygen atoms in total. The molecule has 2 fully saturated rings. The standard InChI is InChI=1S/C28H35N3O2/c1-5-8-24-25-17-20-9-6-7-10-22(20)23(25)11-12-26(24)31-18-21(19-31)29-13-15-30(16-14-29)27(32)33-28(2,3)4/h5-12,21H,13-19H2,1-4H3. The van der Waals surface area contributed by atoms with Gasteiger partial charge < -0.3 is 14.5 Å². The Morgan fingerprint density at radius 2 is 1.73 bits per heavy atom. The van der Waals surface area contributed by atoms with Crippen molar-refractivity contribution in [3.05, 3.63) is 59.2 Å². The van der Waals surface area contributed by atoms with Crippen LogP contribution in [-0.2, 0) is 11.2 Å². The zero-order valence-electron chi connectivity index (χ0n) is 20.3. The van der Waals surface area contributed by atoms with E-state index in [0.29, 0.717) is 6.04 Å². The van der Waals surface area contributed by atoms with E-state index in [-0.39, 0.29) is 6.09 Å². The minimum atomic E-state index is -0.440. The topological polar surface area (TPSA) is 36.0 Å². The molecular formula is C28H35N3O2. The molecule has 0 unspecified atom stereocenters. The molecule has 2 saturated heterocycles. The van der Waals surface area contributed by atoms with Gasteiger partial charge in [0.25, 0.3) is 0 Å². The molecule has 5 rings (SSSR count). The van der Waals surface area contributed by atoms with Gasteiger partial charge in [-0.15, -0.1) is 0 Å². The number of anilines is 1. The number of ether oxygens (including phenoxy) is 1. The van der Waals surface area contributed by atoms with E-state index < -0.39 is 5.60 Å². The molecule has 33 heavy (non-hydrogen) atoms. The van der Waals surface area contributed by atoms with Crippen molar-refractivity contribution in [3.8, 4) is 11.1 Å². The van der Waals surface area contributed by atoms with Crippen LogP contribution in [0.1, 0.15) is 44.4 Å². The first-order chi connectivity index (χ1) is 15.8. The van der Waals surface area contributed by atoms with Gasteiger partial charge in [0.05, 0.1) is 0 Å². The van der Waals surface area contributed by atoms with Crippen LogP contribution >= 0.6 is 0 Å². The van der Waals surface area contributed by atoms with E-state index in [4.69, 9.17) is 4.74 Å². The summed E-state index contributed by atoms with van der Waals surface area (Å²) >= 11 is 0. The first-order valence-electron chi connectivity index (χ1n) is 12.2. The fraction of sp³-hybridized carbons (Fsp3) is 0.464. The van der Waals surface area contributed by atoms with Gasteiger partial charge >= 0.3 is 6.09 Å². The molecule has 1 amide bonds. The molecule has 0 N–H and O–H groups in total. The Kier molecular flexibility index (Phi) is 5.69. The van der Waals surface area contributed by atoms with Crippen molar-refractivity contribution >= 4 is 17.9 Å². The lowest BCUT2D eigenvalue weighted by Gasteiger charge is -2.49. The maximum Gasteiger partial charge on any atom is 0.410 e. The number of hydrogen-bond donors (Lipinski definition) is 0. The molecule has 174 valence electrons. The van der Waals surface area contributed by atoms with Crippen molar-refractivity contribution in [1.82, 2.24) is 9.80 Å². The van der Waals surface area contributed by atoms with E-state index >= 15 is 0 Å². The predicted octanol–water partition coefficient (Wildman–Crippen LogP) is 5.03. The molecule has 0 atom stereocenters. The number of piperazine rings is 1. The van der Waals surface area contributed by atoms with E-state index in [2.05, 4.69) is 65.3 Å². The van der Waals surface area contributed by atoms with Gasteiger partial charge in [0, 0.05) is 56.6 Å². The highest BCUT2D eigenvalue weighted by Crippen LogP contribution is 2.43. The zero-order chi connectivity index (χ0) is 23.2. The third kappa shape index (κ3) is 4.26. The molecule has 5 heteroatoms. The summed E-state index contributed by atoms with van der Waals surface area (Å²) in [6, 6.07) is 14.0. The third-order valence-corrected chi connectivity index (χ3v) is 7.03. The van der Waals surface area contributed by atoms with Crippen LogP contribution in [0.5, 0.6) is 0 Å². The number of nitrogens with zero attached hydrogens (tertiary/aromatic N) is 3. The van der Waals surface area contributed by atoms with Crippen molar-refractivity contribution in [3.63, 3.8) is 0 Å². The summed E-state index contributed by atoms with van der Waals surface area (Å²) in [6.45, 7) is 13.3. The number of rotatable bonds is 3.